The Labute approximate surface area is 182 Å². The summed E-state index contributed by atoms with van der Waals surface area (Å²) in [5.74, 6) is -1.79. The van der Waals surface area contributed by atoms with Crippen molar-refractivity contribution in [1.82, 2.24) is 14.6 Å². The summed E-state index contributed by atoms with van der Waals surface area (Å²) in [6.45, 7) is 1.02. The van der Waals surface area contributed by atoms with Crippen LogP contribution < -0.4 is 16.2 Å². The molecule has 4 N–H and O–H groups in total. The van der Waals surface area contributed by atoms with Crippen LogP contribution >= 0.6 is 11.6 Å². The molecule has 14 heteroatoms. The fourth-order valence-electron chi connectivity index (χ4n) is 2.51. The molecular weight excluding hydrogens is 457 g/mol. The predicted molar refractivity (Wildman–Crippen MR) is 105 cm³/mol. The van der Waals surface area contributed by atoms with Crippen LogP contribution in [-0.2, 0) is 15.8 Å². The summed E-state index contributed by atoms with van der Waals surface area (Å²) >= 11 is 6.01. The molecule has 1 amide bonds. The lowest BCUT2D eigenvalue weighted by Gasteiger charge is -2.09. The van der Waals surface area contributed by atoms with Crippen molar-refractivity contribution in [2.24, 2.45) is 16.6 Å². The van der Waals surface area contributed by atoms with E-state index in [-0.39, 0.29) is 23.8 Å². The molecular formula is C18H14ClF3N6O4. The molecule has 1 aromatic carbocycles. The minimum absolute atomic E-state index is 0.0251. The van der Waals surface area contributed by atoms with E-state index in [1.54, 1.807) is 0 Å². The maximum atomic E-state index is 13.3. The van der Waals surface area contributed by atoms with Crippen molar-refractivity contribution in [3.63, 3.8) is 0 Å². The molecule has 32 heavy (non-hydrogen) atoms. The van der Waals surface area contributed by atoms with Crippen molar-refractivity contribution in [1.29, 1.82) is 0 Å². The van der Waals surface area contributed by atoms with Crippen molar-refractivity contribution in [2.45, 2.75) is 13.1 Å². The van der Waals surface area contributed by atoms with Crippen molar-refractivity contribution in [3.05, 3.63) is 58.0 Å². The number of rotatable bonds is 6. The first kappa shape index (κ1) is 22.8. The van der Waals surface area contributed by atoms with Gasteiger partial charge in [0.2, 0.25) is 0 Å². The van der Waals surface area contributed by atoms with Crippen molar-refractivity contribution >= 4 is 35.0 Å². The van der Waals surface area contributed by atoms with Crippen LogP contribution in [0.3, 0.4) is 0 Å². The molecule has 2 aromatic heterocycles. The summed E-state index contributed by atoms with van der Waals surface area (Å²) in [6, 6.07) is 6.62. The number of aryl methyl sites for hydroxylation is 1. The van der Waals surface area contributed by atoms with Gasteiger partial charge in [0.05, 0.1) is 0 Å². The van der Waals surface area contributed by atoms with Gasteiger partial charge >= 0.3 is 12.1 Å². The number of carbonyl (C=O) groups excluding carboxylic acids is 2. The largest absolute Gasteiger partial charge is 0.484 e. The second-order valence-electron chi connectivity index (χ2n) is 6.31. The molecule has 168 valence electrons. The highest BCUT2D eigenvalue weighted by molar-refractivity contribution is 6.36. The Morgan fingerprint density at radius 3 is 2.47 bits per heavy atom. The number of nitrogens with two attached hydrogens (primary N) is 2. The van der Waals surface area contributed by atoms with Gasteiger partial charge in [0.15, 0.2) is 23.8 Å². The molecule has 0 saturated carbocycles. The van der Waals surface area contributed by atoms with Gasteiger partial charge in [-0.05, 0) is 37.3 Å². The van der Waals surface area contributed by atoms with E-state index in [0.717, 1.165) is 6.07 Å². The molecule has 0 saturated heterocycles. The molecule has 3 aromatic rings. The number of ether oxygens (including phenoxy) is 1. The van der Waals surface area contributed by atoms with Crippen LogP contribution in [0.5, 0.6) is 5.75 Å². The zero-order valence-corrected chi connectivity index (χ0v) is 16.9. The van der Waals surface area contributed by atoms with Gasteiger partial charge in [0.25, 0.3) is 5.91 Å². The first-order valence-electron chi connectivity index (χ1n) is 8.66. The van der Waals surface area contributed by atoms with Crippen LogP contribution in [0, 0.1) is 6.92 Å². The summed E-state index contributed by atoms with van der Waals surface area (Å²) in [7, 11) is 0. The van der Waals surface area contributed by atoms with Gasteiger partial charge in [-0.3, -0.25) is 4.79 Å². The Bertz CT molecular complexity index is 1220. The quantitative estimate of drug-likeness (QED) is 0.242. The number of hydrogen-bond donors (Lipinski definition) is 2. The minimum Gasteiger partial charge on any atom is -0.484 e. The van der Waals surface area contributed by atoms with E-state index in [4.69, 9.17) is 27.8 Å². The number of fused-ring (bicyclic) bond motifs is 1. The Morgan fingerprint density at radius 1 is 1.22 bits per heavy atom. The lowest BCUT2D eigenvalue weighted by atomic mass is 10.2. The van der Waals surface area contributed by atoms with E-state index >= 15 is 0 Å². The molecule has 0 radical (unpaired) electrons. The highest BCUT2D eigenvalue weighted by Gasteiger charge is 2.36. The third kappa shape index (κ3) is 4.88. The molecule has 0 unspecified atom stereocenters. The minimum atomic E-state index is -4.77. The number of benzene rings is 1. The zero-order valence-electron chi connectivity index (χ0n) is 16.2. The van der Waals surface area contributed by atoms with Crippen LogP contribution in [0.2, 0.25) is 5.02 Å². The van der Waals surface area contributed by atoms with E-state index in [1.165, 1.54) is 31.2 Å². The molecule has 3 rings (SSSR count). The van der Waals surface area contributed by atoms with Crippen LogP contribution in [-0.4, -0.2) is 38.9 Å². The standard InChI is InChI=1S/C18H14ClF3N6O4/c1-8-6-11(18(20,21)22)28-16(25-8)13(19)14(26-28)17(30)32-27-15(24)9-2-4-10(5-3-9)31-7-12(23)29/h2-6H,7H2,1H3,(H2,23,29)(H2,24,27). The van der Waals surface area contributed by atoms with Crippen LogP contribution in [0.25, 0.3) is 5.65 Å². The number of hydrogen-bond acceptors (Lipinski definition) is 7. The fraction of sp³-hybridized carbons (Fsp3) is 0.167. The Hall–Kier alpha value is -3.87. The average Bonchev–Trinajstić information content (AvgIpc) is 3.05. The van der Waals surface area contributed by atoms with Gasteiger partial charge < -0.3 is 21.0 Å². The van der Waals surface area contributed by atoms with E-state index in [1.807, 2.05) is 0 Å². The van der Waals surface area contributed by atoms with Gasteiger partial charge in [0.1, 0.15) is 16.5 Å². The molecule has 10 nitrogen and oxygen atoms in total. The summed E-state index contributed by atoms with van der Waals surface area (Å²) in [4.78, 5) is 31.6. The summed E-state index contributed by atoms with van der Waals surface area (Å²) < 4.78 is 45.3. The van der Waals surface area contributed by atoms with Gasteiger partial charge in [-0.2, -0.15) is 18.3 Å². The molecule has 0 spiro atoms. The highest BCUT2D eigenvalue weighted by Crippen LogP contribution is 2.32. The fourth-order valence-corrected chi connectivity index (χ4v) is 2.75. The van der Waals surface area contributed by atoms with Crippen LogP contribution in [0.4, 0.5) is 13.2 Å². The van der Waals surface area contributed by atoms with Crippen molar-refractivity contribution in [3.8, 4) is 5.75 Å². The topological polar surface area (TPSA) is 147 Å². The number of primary amides is 1. The van der Waals surface area contributed by atoms with Gasteiger partial charge in [-0.15, -0.1) is 0 Å². The van der Waals surface area contributed by atoms with E-state index in [0.29, 0.717) is 15.8 Å². The number of amides is 1. The average molecular weight is 471 g/mol. The number of halogens is 4. The lowest BCUT2D eigenvalue weighted by Crippen LogP contribution is -2.20. The number of alkyl halides is 3. The van der Waals surface area contributed by atoms with Crippen molar-refractivity contribution < 1.29 is 32.3 Å². The van der Waals surface area contributed by atoms with Crippen LogP contribution in [0.1, 0.15) is 27.4 Å². The second kappa shape index (κ2) is 8.70. The van der Waals surface area contributed by atoms with E-state index < -0.39 is 34.5 Å². The predicted octanol–water partition coefficient (Wildman–Crippen LogP) is 2.05. The maximum Gasteiger partial charge on any atom is 0.433 e. The number of nitrogens with zero attached hydrogens (tertiary/aromatic N) is 4. The molecule has 0 fully saturated rings. The summed E-state index contributed by atoms with van der Waals surface area (Å²) in [5.41, 5.74) is 8.92. The Morgan fingerprint density at radius 2 is 1.88 bits per heavy atom. The second-order valence-corrected chi connectivity index (χ2v) is 6.69. The van der Waals surface area contributed by atoms with Gasteiger partial charge in [0, 0.05) is 11.3 Å². The Kier molecular flexibility index (Phi) is 6.20. The summed E-state index contributed by atoms with van der Waals surface area (Å²) in [6.07, 6.45) is -4.77. The monoisotopic (exact) mass is 470 g/mol. The zero-order chi connectivity index (χ0) is 23.6. The number of amidine groups is 1. The Balaban J connectivity index is 1.82. The molecule has 0 atom stereocenters. The lowest BCUT2D eigenvalue weighted by molar-refractivity contribution is -0.142. The van der Waals surface area contributed by atoms with Gasteiger partial charge in [-0.1, -0.05) is 16.8 Å². The summed E-state index contributed by atoms with van der Waals surface area (Å²) in [5, 5.41) is 6.60. The molecule has 2 heterocycles. The number of carbonyl (C=O) groups is 2. The molecule has 0 bridgehead atoms. The number of oxime groups is 1. The molecule has 0 aliphatic heterocycles. The first-order valence-corrected chi connectivity index (χ1v) is 9.04. The maximum absolute atomic E-state index is 13.3. The third-order valence-corrected chi connectivity index (χ3v) is 4.25. The SMILES string of the molecule is Cc1cc(C(F)(F)F)n2nc(C(=O)O/N=C(\N)c3ccc(OCC(N)=O)cc3)c(Cl)c2n1. The molecule has 0 aliphatic rings. The highest BCUT2D eigenvalue weighted by atomic mass is 35.5. The normalized spacial score (nSPS) is 12.1. The van der Waals surface area contributed by atoms with Crippen LogP contribution in [0.15, 0.2) is 35.5 Å². The molecule has 0 aliphatic carbocycles. The third-order valence-electron chi connectivity index (χ3n) is 3.90. The van der Waals surface area contributed by atoms with Gasteiger partial charge in [-0.25, -0.2) is 14.3 Å². The smallest absolute Gasteiger partial charge is 0.433 e. The number of aromatic nitrogens is 3. The van der Waals surface area contributed by atoms with E-state index in [9.17, 15) is 22.8 Å². The first-order chi connectivity index (χ1) is 15.0. The van der Waals surface area contributed by atoms with Crippen molar-refractivity contribution in [2.75, 3.05) is 6.61 Å². The van der Waals surface area contributed by atoms with E-state index in [2.05, 4.69) is 20.1 Å².